The Bertz CT molecular complexity index is 1250. The van der Waals surface area contributed by atoms with Crippen LogP contribution >= 0.6 is 11.8 Å². The van der Waals surface area contributed by atoms with E-state index in [0.29, 0.717) is 13.0 Å². The Kier molecular flexibility index (Phi) is 9.37. The molecule has 1 amide bonds. The van der Waals surface area contributed by atoms with Gasteiger partial charge in [0, 0.05) is 6.42 Å². The van der Waals surface area contributed by atoms with Crippen molar-refractivity contribution < 1.29 is 19.1 Å². The molecule has 190 valence electrons. The number of nitrogens with one attached hydrogen (secondary N) is 2. The molecule has 0 radical (unpaired) electrons. The smallest absolute Gasteiger partial charge is 0.356 e. The number of ether oxygens (including phenoxy) is 2. The Morgan fingerprint density at radius 3 is 2.22 bits per heavy atom. The molecule has 8 heteroatoms. The highest BCUT2D eigenvalue weighted by Gasteiger charge is 2.27. The zero-order chi connectivity index (χ0) is 25.9. The van der Waals surface area contributed by atoms with E-state index in [-0.39, 0.29) is 18.0 Å². The van der Waals surface area contributed by atoms with Gasteiger partial charge in [0.25, 0.3) is 0 Å². The van der Waals surface area contributed by atoms with E-state index in [9.17, 15) is 9.59 Å². The second-order valence-corrected chi connectivity index (χ2v) is 9.40. The average Bonchev–Trinajstić information content (AvgIpc) is 3.48. The van der Waals surface area contributed by atoms with Crippen LogP contribution in [0.4, 0.5) is 0 Å². The number of amides is 1. The van der Waals surface area contributed by atoms with Crippen LogP contribution in [0.25, 0.3) is 0 Å². The topological polar surface area (TPSA) is 93.3 Å². The summed E-state index contributed by atoms with van der Waals surface area (Å²) in [6.45, 7) is 0.482. The first-order chi connectivity index (χ1) is 18.1. The Morgan fingerprint density at radius 2 is 1.59 bits per heavy atom. The van der Waals surface area contributed by atoms with Gasteiger partial charge in [-0.15, -0.1) is 11.8 Å². The van der Waals surface area contributed by atoms with E-state index in [4.69, 9.17) is 9.47 Å². The predicted octanol–water partition coefficient (Wildman–Crippen LogP) is 4.80. The summed E-state index contributed by atoms with van der Waals surface area (Å²) in [5, 5.41) is 2.60. The lowest BCUT2D eigenvalue weighted by atomic mass is 10.1. The van der Waals surface area contributed by atoms with Crippen molar-refractivity contribution in [1.29, 1.82) is 0 Å². The summed E-state index contributed by atoms with van der Waals surface area (Å²) in [5.74, 6) is 0.0643. The number of hydrogen-bond donors (Lipinski definition) is 2. The largest absolute Gasteiger partial charge is 0.489 e. The number of H-pyrrole nitrogens is 1. The SMILES string of the molecule is CSC(NC(=O)Cc1ccc(OCc2ccccc2)cc1)C(Cc1ccccc1)OC(=O)c1cnc[nH]1. The van der Waals surface area contributed by atoms with Crippen molar-refractivity contribution in [1.82, 2.24) is 15.3 Å². The number of benzene rings is 3. The number of rotatable bonds is 12. The van der Waals surface area contributed by atoms with Gasteiger partial charge in [0.1, 0.15) is 29.5 Å². The molecule has 4 aromatic rings. The third-order valence-electron chi connectivity index (χ3n) is 5.69. The highest BCUT2D eigenvalue weighted by Crippen LogP contribution is 2.19. The maximum atomic E-state index is 12.9. The van der Waals surface area contributed by atoms with Crippen LogP contribution in [0.3, 0.4) is 0 Å². The lowest BCUT2D eigenvalue weighted by Crippen LogP contribution is -2.44. The summed E-state index contributed by atoms with van der Waals surface area (Å²) < 4.78 is 11.7. The van der Waals surface area contributed by atoms with Crippen molar-refractivity contribution in [3.63, 3.8) is 0 Å². The summed E-state index contributed by atoms with van der Waals surface area (Å²) in [5.41, 5.74) is 3.22. The maximum Gasteiger partial charge on any atom is 0.356 e. The van der Waals surface area contributed by atoms with Crippen molar-refractivity contribution in [3.05, 3.63) is 120 Å². The summed E-state index contributed by atoms with van der Waals surface area (Å²) in [6.07, 6.45) is 4.80. The van der Waals surface area contributed by atoms with E-state index in [0.717, 1.165) is 22.4 Å². The van der Waals surface area contributed by atoms with Crippen LogP contribution in [0.5, 0.6) is 5.75 Å². The Morgan fingerprint density at radius 1 is 0.919 bits per heavy atom. The molecule has 3 aromatic carbocycles. The molecule has 1 aromatic heterocycles. The first-order valence-corrected chi connectivity index (χ1v) is 13.2. The van der Waals surface area contributed by atoms with Gasteiger partial charge in [0.05, 0.1) is 18.9 Å². The van der Waals surface area contributed by atoms with Crippen LogP contribution < -0.4 is 10.1 Å². The van der Waals surface area contributed by atoms with Crippen molar-refractivity contribution in [2.24, 2.45) is 0 Å². The molecule has 0 aliphatic rings. The monoisotopic (exact) mass is 515 g/mol. The second-order valence-electron chi connectivity index (χ2n) is 8.42. The Hall–Kier alpha value is -4.04. The molecule has 0 saturated carbocycles. The number of aromatic amines is 1. The van der Waals surface area contributed by atoms with E-state index in [2.05, 4.69) is 15.3 Å². The van der Waals surface area contributed by atoms with Crippen LogP contribution in [-0.2, 0) is 29.0 Å². The van der Waals surface area contributed by atoms with Gasteiger partial charge in [0.2, 0.25) is 5.91 Å². The fourth-order valence-corrected chi connectivity index (χ4v) is 4.47. The van der Waals surface area contributed by atoms with Crippen LogP contribution in [0.2, 0.25) is 0 Å². The van der Waals surface area contributed by atoms with Gasteiger partial charge in [0.15, 0.2) is 0 Å². The minimum Gasteiger partial charge on any atom is -0.489 e. The van der Waals surface area contributed by atoms with Crippen molar-refractivity contribution in [3.8, 4) is 5.75 Å². The number of imidazole rings is 1. The molecule has 2 unspecified atom stereocenters. The fourth-order valence-electron chi connectivity index (χ4n) is 3.77. The lowest BCUT2D eigenvalue weighted by Gasteiger charge is -2.26. The summed E-state index contributed by atoms with van der Waals surface area (Å²) in [6, 6.07) is 27.2. The molecule has 0 aliphatic carbocycles. The normalized spacial score (nSPS) is 12.4. The number of nitrogens with zero attached hydrogens (tertiary/aromatic N) is 1. The molecule has 2 atom stereocenters. The first-order valence-electron chi connectivity index (χ1n) is 11.9. The molecule has 4 rings (SSSR count). The molecule has 0 saturated heterocycles. The van der Waals surface area contributed by atoms with Gasteiger partial charge in [-0.25, -0.2) is 9.78 Å². The maximum absolute atomic E-state index is 12.9. The van der Waals surface area contributed by atoms with E-state index < -0.39 is 17.4 Å². The summed E-state index contributed by atoms with van der Waals surface area (Å²) in [4.78, 5) is 32.2. The molecular formula is C29H29N3O4S. The number of hydrogen-bond acceptors (Lipinski definition) is 6. The summed E-state index contributed by atoms with van der Waals surface area (Å²) in [7, 11) is 0. The Balaban J connectivity index is 1.36. The predicted molar refractivity (Wildman–Crippen MR) is 144 cm³/mol. The number of esters is 1. The minimum atomic E-state index is -0.578. The van der Waals surface area contributed by atoms with Crippen LogP contribution in [0, 0.1) is 0 Å². The molecule has 0 spiro atoms. The lowest BCUT2D eigenvalue weighted by molar-refractivity contribution is -0.121. The molecular weight excluding hydrogens is 486 g/mol. The Labute approximate surface area is 220 Å². The van der Waals surface area contributed by atoms with Crippen molar-refractivity contribution in [2.45, 2.75) is 30.9 Å². The van der Waals surface area contributed by atoms with Crippen LogP contribution in [0.15, 0.2) is 97.5 Å². The molecule has 0 aliphatic heterocycles. The fraction of sp³-hybridized carbons (Fsp3) is 0.207. The molecule has 7 nitrogen and oxygen atoms in total. The van der Waals surface area contributed by atoms with Gasteiger partial charge in [-0.1, -0.05) is 72.8 Å². The third-order valence-corrected chi connectivity index (χ3v) is 6.62. The van der Waals surface area contributed by atoms with Crippen LogP contribution in [-0.4, -0.2) is 39.6 Å². The second kappa shape index (κ2) is 13.3. The van der Waals surface area contributed by atoms with Gasteiger partial charge < -0.3 is 19.8 Å². The standard InChI is InChI=1S/C29H29N3O4S/c1-37-28(26(16-21-8-4-2-5-9-21)36-29(34)25-18-30-20-31-25)32-27(33)17-22-12-14-24(15-13-22)35-19-23-10-6-3-7-11-23/h2-15,18,20,26,28H,16-17,19H2,1H3,(H,30,31)(H,32,33). The highest BCUT2D eigenvalue weighted by molar-refractivity contribution is 7.99. The first kappa shape index (κ1) is 26.0. The van der Waals surface area contributed by atoms with Crippen molar-refractivity contribution in [2.75, 3.05) is 6.26 Å². The molecule has 0 bridgehead atoms. The van der Waals surface area contributed by atoms with Crippen LogP contribution in [0.1, 0.15) is 27.2 Å². The number of carbonyl (C=O) groups excluding carboxylic acids is 2. The highest BCUT2D eigenvalue weighted by atomic mass is 32.2. The number of thioether (sulfide) groups is 1. The zero-order valence-corrected chi connectivity index (χ0v) is 21.3. The molecule has 0 fully saturated rings. The van der Waals surface area contributed by atoms with Gasteiger partial charge in [-0.3, -0.25) is 4.79 Å². The van der Waals surface area contributed by atoms with E-state index in [1.807, 2.05) is 91.2 Å². The quantitative estimate of drug-likeness (QED) is 0.208. The summed E-state index contributed by atoms with van der Waals surface area (Å²) >= 11 is 1.43. The average molecular weight is 516 g/mol. The zero-order valence-electron chi connectivity index (χ0n) is 20.5. The van der Waals surface area contributed by atoms with E-state index >= 15 is 0 Å². The molecule has 2 N–H and O–H groups in total. The van der Waals surface area contributed by atoms with E-state index in [1.165, 1.54) is 24.3 Å². The van der Waals surface area contributed by atoms with Gasteiger partial charge in [-0.2, -0.15) is 0 Å². The van der Waals surface area contributed by atoms with Crippen molar-refractivity contribution >= 4 is 23.6 Å². The molecule has 1 heterocycles. The number of carbonyl (C=O) groups is 2. The molecule has 37 heavy (non-hydrogen) atoms. The third kappa shape index (κ3) is 7.98. The van der Waals surface area contributed by atoms with E-state index in [1.54, 1.807) is 0 Å². The van der Waals surface area contributed by atoms with Gasteiger partial charge in [-0.05, 0) is 35.1 Å². The van der Waals surface area contributed by atoms with Gasteiger partial charge >= 0.3 is 5.97 Å². The number of aromatic nitrogens is 2. The minimum absolute atomic E-state index is 0.159.